The van der Waals surface area contributed by atoms with Crippen molar-refractivity contribution in [3.63, 3.8) is 0 Å². The molecule has 2 rings (SSSR count). The Balaban J connectivity index is 1.73. The van der Waals surface area contributed by atoms with E-state index in [0.717, 1.165) is 24.7 Å². The molecule has 118 valence electrons. The largest absolute Gasteiger partial charge is 0.494 e. The van der Waals surface area contributed by atoms with Gasteiger partial charge in [0.15, 0.2) is 0 Å². The molecule has 21 heavy (non-hydrogen) atoms. The van der Waals surface area contributed by atoms with Crippen molar-refractivity contribution in [2.24, 2.45) is 5.92 Å². The van der Waals surface area contributed by atoms with Gasteiger partial charge in [-0.3, -0.25) is 0 Å². The minimum atomic E-state index is 0.558. The van der Waals surface area contributed by atoms with Crippen LogP contribution < -0.4 is 4.74 Å². The zero-order valence-electron chi connectivity index (χ0n) is 14.2. The molecule has 2 nitrogen and oxygen atoms in total. The van der Waals surface area contributed by atoms with Gasteiger partial charge in [0.25, 0.3) is 0 Å². The predicted molar refractivity (Wildman–Crippen MR) is 90.2 cm³/mol. The molecular weight excluding hydrogens is 258 g/mol. The topological polar surface area (TPSA) is 12.5 Å². The van der Waals surface area contributed by atoms with Crippen LogP contribution >= 0.6 is 0 Å². The number of benzene rings is 1. The van der Waals surface area contributed by atoms with Crippen LogP contribution in [-0.2, 0) is 0 Å². The highest BCUT2D eigenvalue weighted by Crippen LogP contribution is 2.23. The molecule has 0 radical (unpaired) electrons. The molecule has 1 aliphatic heterocycles. The van der Waals surface area contributed by atoms with Crippen molar-refractivity contribution in [1.29, 1.82) is 0 Å². The van der Waals surface area contributed by atoms with Crippen molar-refractivity contribution in [2.45, 2.75) is 52.9 Å². The van der Waals surface area contributed by atoms with Gasteiger partial charge in [0.1, 0.15) is 5.75 Å². The lowest BCUT2D eigenvalue weighted by atomic mass is 9.99. The van der Waals surface area contributed by atoms with Crippen molar-refractivity contribution >= 4 is 0 Å². The van der Waals surface area contributed by atoms with Crippen LogP contribution in [0.15, 0.2) is 18.2 Å². The van der Waals surface area contributed by atoms with E-state index in [2.05, 4.69) is 50.8 Å². The Bertz CT molecular complexity index is 433. The number of rotatable bonds is 6. The third-order valence-electron chi connectivity index (χ3n) is 4.50. The summed E-state index contributed by atoms with van der Waals surface area (Å²) in [5.41, 5.74) is 2.66. The molecule has 0 N–H and O–H groups in total. The molecule has 0 spiro atoms. The van der Waals surface area contributed by atoms with Gasteiger partial charge in [-0.25, -0.2) is 0 Å². The average molecular weight is 289 g/mol. The molecule has 0 atom stereocenters. The van der Waals surface area contributed by atoms with Crippen LogP contribution in [0.4, 0.5) is 0 Å². The highest BCUT2D eigenvalue weighted by atomic mass is 16.5. The van der Waals surface area contributed by atoms with E-state index in [4.69, 9.17) is 4.74 Å². The molecule has 0 aromatic heterocycles. The summed E-state index contributed by atoms with van der Waals surface area (Å²) in [7, 11) is 0. The predicted octanol–water partition coefficient (Wildman–Crippen LogP) is 4.62. The van der Waals surface area contributed by atoms with Gasteiger partial charge in [-0.1, -0.05) is 26.8 Å². The summed E-state index contributed by atoms with van der Waals surface area (Å²) in [5, 5.41) is 0. The zero-order chi connectivity index (χ0) is 15.2. The van der Waals surface area contributed by atoms with Gasteiger partial charge < -0.3 is 9.64 Å². The average Bonchev–Trinajstić information content (AvgIpc) is 2.45. The van der Waals surface area contributed by atoms with Gasteiger partial charge in [-0.05, 0) is 74.4 Å². The molecule has 1 aliphatic rings. The summed E-state index contributed by atoms with van der Waals surface area (Å²) >= 11 is 0. The second-order valence-electron chi connectivity index (χ2n) is 6.96. The molecule has 1 fully saturated rings. The lowest BCUT2D eigenvalue weighted by Crippen LogP contribution is -2.34. The van der Waals surface area contributed by atoms with Crippen molar-refractivity contribution < 1.29 is 4.74 Å². The van der Waals surface area contributed by atoms with E-state index >= 15 is 0 Å². The summed E-state index contributed by atoms with van der Waals surface area (Å²) in [6, 6.07) is 6.60. The lowest BCUT2D eigenvalue weighted by Gasteiger charge is -2.30. The fourth-order valence-corrected chi connectivity index (χ4v) is 2.96. The zero-order valence-corrected chi connectivity index (χ0v) is 14.2. The Morgan fingerprint density at radius 1 is 1.19 bits per heavy atom. The van der Waals surface area contributed by atoms with E-state index in [0.29, 0.717) is 5.92 Å². The first-order valence-corrected chi connectivity index (χ1v) is 8.51. The Morgan fingerprint density at radius 3 is 2.57 bits per heavy atom. The summed E-state index contributed by atoms with van der Waals surface area (Å²) in [4.78, 5) is 2.58. The van der Waals surface area contributed by atoms with Gasteiger partial charge in [-0.2, -0.15) is 0 Å². The minimum Gasteiger partial charge on any atom is -0.494 e. The van der Waals surface area contributed by atoms with Crippen LogP contribution in [0.25, 0.3) is 0 Å². The van der Waals surface area contributed by atoms with Gasteiger partial charge in [0.2, 0.25) is 0 Å². The number of aryl methyl sites for hydroxylation is 1. The van der Waals surface area contributed by atoms with Crippen LogP contribution in [0.5, 0.6) is 5.75 Å². The van der Waals surface area contributed by atoms with Gasteiger partial charge >= 0.3 is 0 Å². The first-order valence-electron chi connectivity index (χ1n) is 8.51. The molecule has 0 saturated carbocycles. The lowest BCUT2D eigenvalue weighted by molar-refractivity contribution is 0.177. The molecule has 2 heteroatoms. The smallest absolute Gasteiger partial charge is 0.119 e. The molecular formula is C19H31NO. The number of likely N-dealkylation sites (tertiary alicyclic amines) is 1. The standard InChI is InChI=1S/C19H31NO/c1-15(2)18-12-17(4)13-19(14-18)21-11-5-8-20-9-6-16(3)7-10-20/h12-16H,5-11H2,1-4H3. The SMILES string of the molecule is Cc1cc(OCCCN2CCC(C)CC2)cc(C(C)C)c1. The van der Waals surface area contributed by atoms with Crippen LogP contribution in [0.3, 0.4) is 0 Å². The van der Waals surface area contributed by atoms with Crippen molar-refractivity contribution in [3.05, 3.63) is 29.3 Å². The molecule has 1 saturated heterocycles. The second-order valence-corrected chi connectivity index (χ2v) is 6.96. The molecule has 0 amide bonds. The minimum absolute atomic E-state index is 0.558. The summed E-state index contributed by atoms with van der Waals surface area (Å²) in [6.07, 6.45) is 3.84. The first-order chi connectivity index (χ1) is 10.0. The molecule has 1 aromatic carbocycles. The molecule has 1 heterocycles. The van der Waals surface area contributed by atoms with Crippen LogP contribution in [0, 0.1) is 12.8 Å². The number of hydrogen-bond acceptors (Lipinski definition) is 2. The number of ether oxygens (including phenoxy) is 1. The fraction of sp³-hybridized carbons (Fsp3) is 0.684. The Morgan fingerprint density at radius 2 is 1.90 bits per heavy atom. The number of hydrogen-bond donors (Lipinski definition) is 0. The molecule has 0 bridgehead atoms. The van der Waals surface area contributed by atoms with Crippen LogP contribution in [-0.4, -0.2) is 31.1 Å². The normalized spacial score (nSPS) is 17.4. The maximum Gasteiger partial charge on any atom is 0.119 e. The maximum atomic E-state index is 5.96. The first kappa shape index (κ1) is 16.4. The fourth-order valence-electron chi connectivity index (χ4n) is 2.96. The second kappa shape index (κ2) is 7.84. The maximum absolute atomic E-state index is 5.96. The Hall–Kier alpha value is -1.02. The monoisotopic (exact) mass is 289 g/mol. The molecule has 1 aromatic rings. The Kier molecular flexibility index (Phi) is 6.10. The van der Waals surface area contributed by atoms with Crippen molar-refractivity contribution in [3.8, 4) is 5.75 Å². The summed E-state index contributed by atoms with van der Waals surface area (Å²) in [5.74, 6) is 2.51. The van der Waals surface area contributed by atoms with Crippen LogP contribution in [0.1, 0.15) is 57.1 Å². The third kappa shape index (κ3) is 5.35. The van der Waals surface area contributed by atoms with E-state index in [-0.39, 0.29) is 0 Å². The van der Waals surface area contributed by atoms with E-state index in [1.54, 1.807) is 0 Å². The third-order valence-corrected chi connectivity index (χ3v) is 4.50. The number of piperidine rings is 1. The van der Waals surface area contributed by atoms with Crippen molar-refractivity contribution in [1.82, 2.24) is 4.90 Å². The molecule has 0 aliphatic carbocycles. The van der Waals surface area contributed by atoms with E-state index in [1.807, 2.05) is 0 Å². The van der Waals surface area contributed by atoms with Crippen molar-refractivity contribution in [2.75, 3.05) is 26.2 Å². The highest BCUT2D eigenvalue weighted by molar-refractivity contribution is 5.35. The highest BCUT2D eigenvalue weighted by Gasteiger charge is 2.14. The van der Waals surface area contributed by atoms with Gasteiger partial charge in [0.05, 0.1) is 6.61 Å². The van der Waals surface area contributed by atoms with Gasteiger partial charge in [-0.15, -0.1) is 0 Å². The van der Waals surface area contributed by atoms with E-state index in [1.165, 1.54) is 43.6 Å². The summed E-state index contributed by atoms with van der Waals surface area (Å²) in [6.45, 7) is 13.5. The molecule has 0 unspecified atom stereocenters. The van der Waals surface area contributed by atoms with Crippen LogP contribution in [0.2, 0.25) is 0 Å². The van der Waals surface area contributed by atoms with Gasteiger partial charge in [0, 0.05) is 6.54 Å². The Labute approximate surface area is 130 Å². The summed E-state index contributed by atoms with van der Waals surface area (Å²) < 4.78 is 5.96. The van der Waals surface area contributed by atoms with E-state index < -0.39 is 0 Å². The quantitative estimate of drug-likeness (QED) is 0.709. The van der Waals surface area contributed by atoms with E-state index in [9.17, 15) is 0 Å². The number of nitrogens with zero attached hydrogens (tertiary/aromatic N) is 1.